The molecule has 2 aliphatic rings. The van der Waals surface area contributed by atoms with Crippen molar-refractivity contribution in [2.24, 2.45) is 5.41 Å². The van der Waals surface area contributed by atoms with E-state index in [-0.39, 0.29) is 44.7 Å². The minimum Gasteiger partial charge on any atom is -0.329 e. The number of ether oxygens (including phenoxy) is 6. The van der Waals surface area contributed by atoms with Crippen LogP contribution in [0, 0.1) is 5.41 Å². The molecule has 1 spiro atoms. The maximum Gasteiger partial charge on any atom is 0.281 e. The molecule has 2 saturated heterocycles. The molecule has 1 amide bonds. The fourth-order valence-corrected chi connectivity index (χ4v) is 2.39. The average Bonchev–Trinajstić information content (AvgIpc) is 2.66. The fourth-order valence-electron chi connectivity index (χ4n) is 2.39. The lowest BCUT2D eigenvalue weighted by Crippen LogP contribution is -2.59. The van der Waals surface area contributed by atoms with Crippen molar-refractivity contribution in [3.05, 3.63) is 25.3 Å². The molecule has 2 heterocycles. The van der Waals surface area contributed by atoms with Crippen molar-refractivity contribution in [3.63, 3.8) is 0 Å². The molecule has 2 rings (SSSR count). The van der Waals surface area contributed by atoms with Crippen molar-refractivity contribution in [1.82, 2.24) is 5.32 Å². The van der Waals surface area contributed by atoms with Crippen LogP contribution in [0.25, 0.3) is 0 Å². The van der Waals surface area contributed by atoms with Gasteiger partial charge in [0.15, 0.2) is 5.78 Å². The molecular formula is C18H27NO8. The number of carbonyl (C=O) groups excluding carboxylic acids is 2. The van der Waals surface area contributed by atoms with Crippen LogP contribution >= 0.6 is 0 Å². The second-order valence-corrected chi connectivity index (χ2v) is 6.68. The van der Waals surface area contributed by atoms with Gasteiger partial charge >= 0.3 is 0 Å². The summed E-state index contributed by atoms with van der Waals surface area (Å²) in [6.45, 7) is 11.3. The zero-order valence-corrected chi connectivity index (χ0v) is 15.8. The second-order valence-electron chi connectivity index (χ2n) is 6.68. The van der Waals surface area contributed by atoms with Gasteiger partial charge in [-0.15, -0.1) is 0 Å². The van der Waals surface area contributed by atoms with Gasteiger partial charge in [0.05, 0.1) is 38.4 Å². The molecule has 0 bridgehead atoms. The summed E-state index contributed by atoms with van der Waals surface area (Å²) in [6, 6.07) is 0. The topological polar surface area (TPSA) is 102 Å². The number of nitrogens with one attached hydrogen (secondary N) is 1. The van der Waals surface area contributed by atoms with Gasteiger partial charge in [-0.05, 0) is 12.2 Å². The minimum atomic E-state index is -1.28. The van der Waals surface area contributed by atoms with Crippen LogP contribution in [-0.2, 0) is 38.0 Å². The molecular weight excluding hydrogens is 358 g/mol. The standard InChI is InChI=1S/C18H27NO8/c1-5-14(20)7-8-22-16(3)23-9-18(10-24-16)11-25-17(4,26-12-18)27-13-19-15(21)6-2/h5-6H,1-2,7-13H2,3-4H3,(H,19,21). The van der Waals surface area contributed by atoms with E-state index >= 15 is 0 Å². The van der Waals surface area contributed by atoms with Crippen molar-refractivity contribution in [3.8, 4) is 0 Å². The van der Waals surface area contributed by atoms with Crippen LogP contribution in [0.1, 0.15) is 20.3 Å². The maximum atomic E-state index is 11.2. The van der Waals surface area contributed by atoms with Gasteiger partial charge in [-0.25, -0.2) is 0 Å². The van der Waals surface area contributed by atoms with Crippen molar-refractivity contribution >= 4 is 11.7 Å². The summed E-state index contributed by atoms with van der Waals surface area (Å²) in [5.41, 5.74) is -0.493. The molecule has 0 unspecified atom stereocenters. The Bertz CT molecular complexity index is 506. The zero-order chi connectivity index (χ0) is 20.0. The molecule has 152 valence electrons. The number of hydrogen-bond acceptors (Lipinski definition) is 8. The molecule has 0 saturated carbocycles. The monoisotopic (exact) mass is 385 g/mol. The van der Waals surface area contributed by atoms with Crippen LogP contribution < -0.4 is 5.32 Å². The van der Waals surface area contributed by atoms with Gasteiger partial charge in [0.1, 0.15) is 6.73 Å². The van der Waals surface area contributed by atoms with Crippen molar-refractivity contribution in [2.45, 2.75) is 32.2 Å². The van der Waals surface area contributed by atoms with Gasteiger partial charge < -0.3 is 33.7 Å². The molecule has 0 aliphatic carbocycles. The highest BCUT2D eigenvalue weighted by Gasteiger charge is 2.49. The Morgan fingerprint density at radius 3 is 1.96 bits per heavy atom. The molecule has 9 heteroatoms. The third-order valence-corrected chi connectivity index (χ3v) is 4.27. The lowest BCUT2D eigenvalue weighted by Gasteiger charge is -2.48. The number of rotatable bonds is 9. The smallest absolute Gasteiger partial charge is 0.281 e. The molecule has 0 radical (unpaired) electrons. The first kappa shape index (κ1) is 21.7. The van der Waals surface area contributed by atoms with Crippen molar-refractivity contribution in [2.75, 3.05) is 39.8 Å². The molecule has 2 fully saturated rings. The van der Waals surface area contributed by atoms with Crippen LogP contribution in [0.5, 0.6) is 0 Å². The summed E-state index contributed by atoms with van der Waals surface area (Å²) in [5, 5.41) is 2.48. The first-order valence-corrected chi connectivity index (χ1v) is 8.63. The van der Waals surface area contributed by atoms with E-state index in [1.54, 1.807) is 13.8 Å². The number of hydrogen-bond donors (Lipinski definition) is 1. The third-order valence-electron chi connectivity index (χ3n) is 4.27. The SMILES string of the molecule is C=CC(=O)CCOC1(C)OCC2(CO1)COC(C)(OCNC(=O)C=C)OC2. The molecule has 9 nitrogen and oxygen atoms in total. The number of ketones is 1. The predicted molar refractivity (Wildman–Crippen MR) is 93.1 cm³/mol. The molecule has 0 aromatic rings. The number of carbonyl (C=O) groups is 2. The second kappa shape index (κ2) is 9.05. The summed E-state index contributed by atoms with van der Waals surface area (Å²) in [5.74, 6) is -2.96. The van der Waals surface area contributed by atoms with Crippen LogP contribution in [0.2, 0.25) is 0 Å². The van der Waals surface area contributed by atoms with E-state index in [0.717, 1.165) is 6.08 Å². The van der Waals surface area contributed by atoms with Gasteiger partial charge in [0, 0.05) is 20.3 Å². The van der Waals surface area contributed by atoms with E-state index in [4.69, 9.17) is 28.4 Å². The van der Waals surface area contributed by atoms with E-state index in [0.29, 0.717) is 13.2 Å². The van der Waals surface area contributed by atoms with E-state index in [9.17, 15) is 9.59 Å². The third kappa shape index (κ3) is 6.20. The summed E-state index contributed by atoms with van der Waals surface area (Å²) in [6.07, 6.45) is 2.61. The Morgan fingerprint density at radius 2 is 1.48 bits per heavy atom. The van der Waals surface area contributed by atoms with E-state index in [1.165, 1.54) is 6.08 Å². The molecule has 1 N–H and O–H groups in total. The number of allylic oxidation sites excluding steroid dienone is 1. The first-order chi connectivity index (χ1) is 12.7. The average molecular weight is 385 g/mol. The lowest BCUT2D eigenvalue weighted by molar-refractivity contribution is -0.456. The van der Waals surface area contributed by atoms with Gasteiger partial charge in [-0.2, -0.15) is 0 Å². The largest absolute Gasteiger partial charge is 0.329 e. The zero-order valence-electron chi connectivity index (χ0n) is 15.8. The Hall–Kier alpha value is -1.62. The lowest BCUT2D eigenvalue weighted by atomic mass is 9.90. The van der Waals surface area contributed by atoms with Crippen LogP contribution in [0.4, 0.5) is 0 Å². The number of amides is 1. The Labute approximate surface area is 158 Å². The molecule has 0 aromatic heterocycles. The van der Waals surface area contributed by atoms with Crippen LogP contribution in [0.3, 0.4) is 0 Å². The Kier molecular flexibility index (Phi) is 7.26. The Balaban J connectivity index is 1.75. The Morgan fingerprint density at radius 1 is 0.963 bits per heavy atom. The summed E-state index contributed by atoms with van der Waals surface area (Å²) < 4.78 is 33.8. The molecule has 0 atom stereocenters. The van der Waals surface area contributed by atoms with Crippen molar-refractivity contribution in [1.29, 1.82) is 0 Å². The van der Waals surface area contributed by atoms with Gasteiger partial charge in [0.25, 0.3) is 11.9 Å². The van der Waals surface area contributed by atoms with Gasteiger partial charge in [0.2, 0.25) is 5.91 Å². The molecule has 2 aliphatic heterocycles. The highest BCUT2D eigenvalue weighted by atomic mass is 16.9. The van der Waals surface area contributed by atoms with Crippen molar-refractivity contribution < 1.29 is 38.0 Å². The maximum absolute atomic E-state index is 11.2. The van der Waals surface area contributed by atoms with E-state index < -0.39 is 17.4 Å². The van der Waals surface area contributed by atoms with Crippen LogP contribution in [-0.4, -0.2) is 63.4 Å². The van der Waals surface area contributed by atoms with Gasteiger partial charge in [-0.1, -0.05) is 13.2 Å². The van der Waals surface area contributed by atoms with E-state index in [2.05, 4.69) is 18.5 Å². The summed E-state index contributed by atoms with van der Waals surface area (Å²) in [7, 11) is 0. The fraction of sp³-hybridized carbons (Fsp3) is 0.667. The minimum absolute atomic E-state index is 0.0727. The molecule has 27 heavy (non-hydrogen) atoms. The highest BCUT2D eigenvalue weighted by molar-refractivity contribution is 5.89. The van der Waals surface area contributed by atoms with E-state index in [1.807, 2.05) is 0 Å². The van der Waals surface area contributed by atoms with Crippen LogP contribution in [0.15, 0.2) is 25.3 Å². The highest BCUT2D eigenvalue weighted by Crippen LogP contribution is 2.37. The predicted octanol–water partition coefficient (Wildman–Crippen LogP) is 0.852. The molecule has 0 aromatic carbocycles. The first-order valence-electron chi connectivity index (χ1n) is 8.63. The quantitative estimate of drug-likeness (QED) is 0.460. The van der Waals surface area contributed by atoms with Gasteiger partial charge in [-0.3, -0.25) is 9.59 Å². The normalized spacial score (nSPS) is 33.4. The summed E-state index contributed by atoms with van der Waals surface area (Å²) >= 11 is 0. The summed E-state index contributed by atoms with van der Waals surface area (Å²) in [4.78, 5) is 22.4.